The topological polar surface area (TPSA) is 149 Å². The normalized spacial score (nSPS) is 15.0. The lowest BCUT2D eigenvalue weighted by atomic mass is 10.0. The van der Waals surface area contributed by atoms with Crippen molar-refractivity contribution >= 4 is 19.8 Å². The van der Waals surface area contributed by atoms with Crippen molar-refractivity contribution in [3.8, 4) is 0 Å². The van der Waals surface area contributed by atoms with Crippen molar-refractivity contribution in [1.82, 2.24) is 0 Å². The molecular formula is C45H85NO10P+. The third kappa shape index (κ3) is 39.4. The second-order valence-corrected chi connectivity index (χ2v) is 17.9. The first-order valence-corrected chi connectivity index (χ1v) is 23.9. The molecule has 334 valence electrons. The molecule has 0 spiro atoms. The quantitative estimate of drug-likeness (QED) is 0.0179. The van der Waals surface area contributed by atoms with Crippen molar-refractivity contribution in [2.45, 2.75) is 193 Å². The van der Waals surface area contributed by atoms with Gasteiger partial charge in [-0.25, -0.2) is 4.57 Å². The molecule has 4 atom stereocenters. The van der Waals surface area contributed by atoms with Crippen molar-refractivity contribution in [2.75, 3.05) is 47.5 Å². The number of likely N-dealkylation sites (N-methyl/N-ethyl adjacent to an activating group) is 1. The molecule has 0 aromatic rings. The van der Waals surface area contributed by atoms with Gasteiger partial charge >= 0.3 is 19.8 Å². The smallest absolute Gasteiger partial charge is 0.462 e. The van der Waals surface area contributed by atoms with E-state index in [-0.39, 0.29) is 38.9 Å². The Balaban J connectivity index is 4.58. The van der Waals surface area contributed by atoms with Gasteiger partial charge in [0.25, 0.3) is 0 Å². The number of esters is 2. The standard InChI is InChI=1S/C45H84NO10P/c1-6-8-10-12-14-16-18-20-21-23-25-27-29-31-35-45(50)56-41(40-55-57(51,52)54-38-37-46(3,4)5)39-53-44(49)36-32-34-43(48)42(47)33-30-28-26-24-22-19-17-15-13-11-9-7-2/h15,17,22,24,28,30,41-43,47-48H,6-14,16,18-21,23,25-27,29,31-40H2,1-5H3/p+1/b17-15-,24-22-,30-28-/t41-,42?,43?/m1/s1. The van der Waals surface area contributed by atoms with Crippen LogP contribution in [0.2, 0.25) is 0 Å². The van der Waals surface area contributed by atoms with Crippen LogP contribution in [0.25, 0.3) is 0 Å². The first kappa shape index (κ1) is 55.2. The number of carbonyl (C=O) groups excluding carboxylic acids is 2. The molecule has 0 aliphatic rings. The number of allylic oxidation sites excluding steroid dienone is 5. The number of unbranched alkanes of at least 4 members (excludes halogenated alkanes) is 16. The van der Waals surface area contributed by atoms with Crippen LogP contribution in [0.1, 0.15) is 174 Å². The third-order valence-corrected chi connectivity index (χ3v) is 10.6. The highest BCUT2D eigenvalue weighted by Crippen LogP contribution is 2.43. The molecule has 0 saturated heterocycles. The Hall–Kier alpha value is -1.85. The van der Waals surface area contributed by atoms with Crippen molar-refractivity contribution in [3.05, 3.63) is 36.5 Å². The molecule has 0 aromatic heterocycles. The van der Waals surface area contributed by atoms with Crippen LogP contribution in [-0.4, -0.2) is 97.3 Å². The lowest BCUT2D eigenvalue weighted by Gasteiger charge is -2.24. The zero-order valence-electron chi connectivity index (χ0n) is 36.8. The minimum Gasteiger partial charge on any atom is -0.462 e. The van der Waals surface area contributed by atoms with E-state index in [2.05, 4.69) is 38.2 Å². The van der Waals surface area contributed by atoms with E-state index >= 15 is 0 Å². The fourth-order valence-corrected chi connectivity index (χ4v) is 6.68. The largest absolute Gasteiger partial charge is 0.472 e. The monoisotopic (exact) mass is 831 g/mol. The van der Waals surface area contributed by atoms with Crippen LogP contribution in [0, 0.1) is 0 Å². The Morgan fingerprint density at radius 2 is 1.12 bits per heavy atom. The lowest BCUT2D eigenvalue weighted by Crippen LogP contribution is -2.37. The summed E-state index contributed by atoms with van der Waals surface area (Å²) in [5.74, 6) is -1.08. The summed E-state index contributed by atoms with van der Waals surface area (Å²) in [6.45, 7) is 4.06. The molecule has 0 rings (SSSR count). The third-order valence-electron chi connectivity index (χ3n) is 9.62. The molecule has 0 amide bonds. The van der Waals surface area contributed by atoms with Gasteiger partial charge in [-0.3, -0.25) is 18.6 Å². The van der Waals surface area contributed by atoms with E-state index in [1.54, 1.807) is 0 Å². The number of aliphatic hydroxyl groups excluding tert-OH is 2. The molecule has 0 aliphatic carbocycles. The molecule has 0 bridgehead atoms. The zero-order valence-corrected chi connectivity index (χ0v) is 37.7. The number of carbonyl (C=O) groups is 2. The van der Waals surface area contributed by atoms with Gasteiger partial charge in [0.15, 0.2) is 6.10 Å². The predicted octanol–water partition coefficient (Wildman–Crippen LogP) is 10.5. The van der Waals surface area contributed by atoms with E-state index in [1.165, 1.54) is 83.5 Å². The van der Waals surface area contributed by atoms with Crippen LogP contribution < -0.4 is 0 Å². The van der Waals surface area contributed by atoms with Crippen LogP contribution in [0.5, 0.6) is 0 Å². The van der Waals surface area contributed by atoms with Crippen molar-refractivity contribution in [3.63, 3.8) is 0 Å². The highest BCUT2D eigenvalue weighted by atomic mass is 31.2. The fraction of sp³-hybridized carbons (Fsp3) is 0.822. The molecule has 0 aliphatic heterocycles. The molecule has 0 aromatic carbocycles. The zero-order chi connectivity index (χ0) is 42.5. The summed E-state index contributed by atoms with van der Waals surface area (Å²) in [6, 6.07) is 0. The van der Waals surface area contributed by atoms with E-state index in [4.69, 9.17) is 18.5 Å². The van der Waals surface area contributed by atoms with Gasteiger partial charge in [-0.05, 0) is 51.4 Å². The summed E-state index contributed by atoms with van der Waals surface area (Å²) >= 11 is 0. The maximum atomic E-state index is 12.7. The van der Waals surface area contributed by atoms with Gasteiger partial charge in [0, 0.05) is 12.8 Å². The molecule has 0 fully saturated rings. The van der Waals surface area contributed by atoms with E-state index in [9.17, 15) is 29.3 Å². The molecular weight excluding hydrogens is 745 g/mol. The van der Waals surface area contributed by atoms with Gasteiger partial charge in [-0.2, -0.15) is 0 Å². The summed E-state index contributed by atoms with van der Waals surface area (Å²) in [7, 11) is 1.33. The molecule has 0 radical (unpaired) electrons. The van der Waals surface area contributed by atoms with Crippen LogP contribution >= 0.6 is 7.82 Å². The van der Waals surface area contributed by atoms with Crippen LogP contribution in [0.3, 0.4) is 0 Å². The van der Waals surface area contributed by atoms with Crippen molar-refractivity contribution < 1.29 is 52.3 Å². The Kier molecular flexibility index (Phi) is 36.0. The highest BCUT2D eigenvalue weighted by molar-refractivity contribution is 7.47. The minimum absolute atomic E-state index is 0.0125. The first-order chi connectivity index (χ1) is 27.3. The maximum absolute atomic E-state index is 12.7. The molecule has 57 heavy (non-hydrogen) atoms. The Labute approximate surface area is 347 Å². The number of rotatable bonds is 40. The average Bonchev–Trinajstić information content (AvgIpc) is 3.15. The van der Waals surface area contributed by atoms with E-state index in [0.29, 0.717) is 23.9 Å². The summed E-state index contributed by atoms with van der Waals surface area (Å²) in [5, 5.41) is 20.7. The molecule has 11 nitrogen and oxygen atoms in total. The Morgan fingerprint density at radius 3 is 1.70 bits per heavy atom. The number of quaternary nitrogens is 1. The number of phosphoric acid groups is 1. The van der Waals surface area contributed by atoms with Crippen LogP contribution in [0.15, 0.2) is 36.5 Å². The van der Waals surface area contributed by atoms with Gasteiger partial charge in [-0.15, -0.1) is 0 Å². The lowest BCUT2D eigenvalue weighted by molar-refractivity contribution is -0.870. The van der Waals surface area contributed by atoms with Gasteiger partial charge in [0.1, 0.15) is 19.8 Å². The Morgan fingerprint density at radius 1 is 0.614 bits per heavy atom. The predicted molar refractivity (Wildman–Crippen MR) is 232 cm³/mol. The van der Waals surface area contributed by atoms with E-state index in [0.717, 1.165) is 38.5 Å². The molecule has 12 heteroatoms. The first-order valence-electron chi connectivity index (χ1n) is 22.4. The number of aliphatic hydroxyl groups is 2. The fourth-order valence-electron chi connectivity index (χ4n) is 5.94. The molecule has 3 unspecified atom stereocenters. The molecule has 3 N–H and O–H groups in total. The summed E-state index contributed by atoms with van der Waals surface area (Å²) < 4.78 is 34.1. The minimum atomic E-state index is -4.44. The summed E-state index contributed by atoms with van der Waals surface area (Å²) in [4.78, 5) is 35.4. The van der Waals surface area contributed by atoms with Gasteiger partial charge in [0.2, 0.25) is 0 Å². The Bertz CT molecular complexity index is 1110. The maximum Gasteiger partial charge on any atom is 0.472 e. The second kappa shape index (κ2) is 37.2. The van der Waals surface area contributed by atoms with Crippen molar-refractivity contribution in [1.29, 1.82) is 0 Å². The number of nitrogens with zero attached hydrogens (tertiary/aromatic N) is 1. The van der Waals surface area contributed by atoms with Gasteiger partial charge < -0.3 is 29.1 Å². The molecule has 0 heterocycles. The number of phosphoric ester groups is 1. The van der Waals surface area contributed by atoms with Crippen LogP contribution in [0.4, 0.5) is 0 Å². The van der Waals surface area contributed by atoms with Crippen LogP contribution in [-0.2, 0) is 32.7 Å². The molecule has 0 saturated carbocycles. The number of hydrogen-bond donors (Lipinski definition) is 3. The summed E-state index contributed by atoms with van der Waals surface area (Å²) in [6.07, 6.45) is 33.6. The highest BCUT2D eigenvalue weighted by Gasteiger charge is 2.27. The number of ether oxygens (including phenoxy) is 2. The van der Waals surface area contributed by atoms with Gasteiger partial charge in [-0.1, -0.05) is 147 Å². The van der Waals surface area contributed by atoms with E-state index < -0.39 is 44.7 Å². The SMILES string of the molecule is CCCCC/C=C\C/C=C\C/C=C\CC(O)C(O)CCCC(=O)OC[C@H](COP(=O)(O)OCC[N+](C)(C)C)OC(=O)CCCCCCCCCCCCCCCC. The van der Waals surface area contributed by atoms with E-state index in [1.807, 2.05) is 33.3 Å². The second-order valence-electron chi connectivity index (χ2n) is 16.4. The van der Waals surface area contributed by atoms with Gasteiger partial charge in [0.05, 0.1) is 40.0 Å². The van der Waals surface area contributed by atoms with Crippen molar-refractivity contribution in [2.24, 2.45) is 0 Å². The summed E-state index contributed by atoms with van der Waals surface area (Å²) in [5.41, 5.74) is 0. The number of hydrogen-bond acceptors (Lipinski definition) is 9. The average molecular weight is 831 g/mol.